The van der Waals surface area contributed by atoms with Crippen molar-refractivity contribution in [3.05, 3.63) is 81.0 Å². The highest BCUT2D eigenvalue weighted by molar-refractivity contribution is 7.18. The van der Waals surface area contributed by atoms with Crippen LogP contribution in [0.2, 0.25) is 0 Å². The number of hydrogen-bond acceptors (Lipinski definition) is 6. The summed E-state index contributed by atoms with van der Waals surface area (Å²) in [5.41, 5.74) is 5.78. The summed E-state index contributed by atoms with van der Waals surface area (Å²) < 4.78 is 6.87. The third-order valence-corrected chi connectivity index (χ3v) is 6.68. The fourth-order valence-electron chi connectivity index (χ4n) is 3.95. The summed E-state index contributed by atoms with van der Waals surface area (Å²) in [7, 11) is 1.62. The summed E-state index contributed by atoms with van der Waals surface area (Å²) in [5, 5.41) is 5.09. The molecule has 0 fully saturated rings. The van der Waals surface area contributed by atoms with Gasteiger partial charge in [0.15, 0.2) is 0 Å². The van der Waals surface area contributed by atoms with E-state index in [1.54, 1.807) is 29.2 Å². The van der Waals surface area contributed by atoms with Gasteiger partial charge in [0, 0.05) is 4.88 Å². The number of nitrogens with one attached hydrogen (secondary N) is 1. The molecule has 156 valence electrons. The number of nitrogens with zero attached hydrogens (tertiary/aromatic N) is 3. The Morgan fingerprint density at radius 1 is 1.10 bits per heavy atom. The van der Waals surface area contributed by atoms with Gasteiger partial charge in [-0.3, -0.25) is 4.79 Å². The van der Waals surface area contributed by atoms with E-state index in [1.807, 2.05) is 54.6 Å². The molecule has 0 unspecified atom stereocenters. The number of anilines is 1. The average Bonchev–Trinajstić information content (AvgIpc) is 3.19. The first-order valence-electron chi connectivity index (χ1n) is 10.3. The zero-order valence-corrected chi connectivity index (χ0v) is 18.0. The molecule has 0 saturated heterocycles. The SMILES string of the molecule is COc1ccc(-n2c(N/N=C\c3ccccc3)nc3sc4c(c3c2=O)CCCC4)cc1. The van der Waals surface area contributed by atoms with E-state index in [4.69, 9.17) is 9.72 Å². The molecule has 1 N–H and O–H groups in total. The van der Waals surface area contributed by atoms with Gasteiger partial charge in [0.25, 0.3) is 5.56 Å². The molecule has 2 aromatic carbocycles. The van der Waals surface area contributed by atoms with E-state index in [0.29, 0.717) is 11.6 Å². The number of hydrogen-bond donors (Lipinski definition) is 1. The number of benzene rings is 2. The van der Waals surface area contributed by atoms with Crippen LogP contribution in [0, 0.1) is 0 Å². The smallest absolute Gasteiger partial charge is 0.268 e. The van der Waals surface area contributed by atoms with Crippen molar-refractivity contribution >= 4 is 33.7 Å². The Labute approximate surface area is 183 Å². The monoisotopic (exact) mass is 430 g/mol. The van der Waals surface area contributed by atoms with Crippen molar-refractivity contribution in [1.29, 1.82) is 0 Å². The highest BCUT2D eigenvalue weighted by Crippen LogP contribution is 2.34. The van der Waals surface area contributed by atoms with Gasteiger partial charge in [0.05, 0.1) is 24.4 Å². The Bertz CT molecular complexity index is 1310. The minimum Gasteiger partial charge on any atom is -0.497 e. The topological polar surface area (TPSA) is 68.5 Å². The van der Waals surface area contributed by atoms with E-state index < -0.39 is 0 Å². The first-order valence-corrected chi connectivity index (χ1v) is 11.1. The number of aromatic nitrogens is 2. The van der Waals surface area contributed by atoms with Crippen LogP contribution in [0.1, 0.15) is 28.8 Å². The van der Waals surface area contributed by atoms with Crippen LogP contribution < -0.4 is 15.7 Å². The highest BCUT2D eigenvalue weighted by atomic mass is 32.1. The number of fused-ring (bicyclic) bond motifs is 3. The van der Waals surface area contributed by atoms with Crippen molar-refractivity contribution in [3.63, 3.8) is 0 Å². The summed E-state index contributed by atoms with van der Waals surface area (Å²) >= 11 is 1.63. The molecule has 0 atom stereocenters. The average molecular weight is 431 g/mol. The Kier molecular flexibility index (Phi) is 5.26. The van der Waals surface area contributed by atoms with E-state index >= 15 is 0 Å². The predicted molar refractivity (Wildman–Crippen MR) is 126 cm³/mol. The van der Waals surface area contributed by atoms with Gasteiger partial charge in [-0.25, -0.2) is 15.0 Å². The number of aryl methyl sites for hydroxylation is 2. The van der Waals surface area contributed by atoms with Gasteiger partial charge in [-0.1, -0.05) is 30.3 Å². The molecule has 1 aliphatic rings. The van der Waals surface area contributed by atoms with Crippen LogP contribution in [-0.4, -0.2) is 22.9 Å². The van der Waals surface area contributed by atoms with Crippen LogP contribution in [0.25, 0.3) is 15.9 Å². The lowest BCUT2D eigenvalue weighted by Crippen LogP contribution is -2.23. The Balaban J connectivity index is 1.64. The summed E-state index contributed by atoms with van der Waals surface area (Å²) in [6.07, 6.45) is 5.95. The van der Waals surface area contributed by atoms with Gasteiger partial charge < -0.3 is 4.74 Å². The molecular weight excluding hydrogens is 408 g/mol. The van der Waals surface area contributed by atoms with Crippen molar-refractivity contribution < 1.29 is 4.74 Å². The largest absolute Gasteiger partial charge is 0.497 e. The van der Waals surface area contributed by atoms with Crippen molar-refractivity contribution in [2.75, 3.05) is 12.5 Å². The molecule has 0 radical (unpaired) electrons. The van der Waals surface area contributed by atoms with Crippen LogP contribution in [0.5, 0.6) is 5.75 Å². The first-order chi connectivity index (χ1) is 15.2. The zero-order valence-electron chi connectivity index (χ0n) is 17.2. The standard InChI is InChI=1S/C24H22N4O2S/c1-30-18-13-11-17(12-14-18)28-23(29)21-19-9-5-6-10-20(19)31-22(21)26-24(28)27-25-15-16-7-3-2-4-8-16/h2-4,7-8,11-15H,5-6,9-10H2,1H3,(H,26,27)/b25-15-. The van der Waals surface area contributed by atoms with Gasteiger partial charge >= 0.3 is 0 Å². The minimum absolute atomic E-state index is 0.0630. The van der Waals surface area contributed by atoms with Gasteiger partial charge in [0.2, 0.25) is 5.95 Å². The van der Waals surface area contributed by atoms with E-state index in [1.165, 1.54) is 16.9 Å². The minimum atomic E-state index is -0.0630. The lowest BCUT2D eigenvalue weighted by atomic mass is 9.97. The molecule has 2 heterocycles. The molecule has 31 heavy (non-hydrogen) atoms. The molecule has 0 aliphatic heterocycles. The molecule has 0 spiro atoms. The highest BCUT2D eigenvalue weighted by Gasteiger charge is 2.22. The number of rotatable bonds is 5. The molecule has 5 rings (SSSR count). The van der Waals surface area contributed by atoms with Crippen LogP contribution in [-0.2, 0) is 12.8 Å². The summed E-state index contributed by atoms with van der Waals surface area (Å²) in [6.45, 7) is 0. The van der Waals surface area contributed by atoms with E-state index in [2.05, 4.69) is 10.5 Å². The number of thiophene rings is 1. The van der Waals surface area contributed by atoms with Crippen molar-refractivity contribution in [2.45, 2.75) is 25.7 Å². The maximum absolute atomic E-state index is 13.7. The first kappa shape index (κ1) is 19.5. The van der Waals surface area contributed by atoms with Gasteiger partial charge in [-0.05, 0) is 61.1 Å². The molecule has 6 nitrogen and oxygen atoms in total. The Morgan fingerprint density at radius 3 is 2.65 bits per heavy atom. The number of ether oxygens (including phenoxy) is 1. The van der Waals surface area contributed by atoms with Crippen molar-refractivity contribution in [1.82, 2.24) is 9.55 Å². The summed E-state index contributed by atoms with van der Waals surface area (Å²) in [5.74, 6) is 1.13. The van der Waals surface area contributed by atoms with Crippen LogP contribution in [0.4, 0.5) is 5.95 Å². The van der Waals surface area contributed by atoms with E-state index in [0.717, 1.165) is 40.8 Å². The fourth-order valence-corrected chi connectivity index (χ4v) is 5.21. The lowest BCUT2D eigenvalue weighted by molar-refractivity contribution is 0.414. The zero-order chi connectivity index (χ0) is 21.2. The third kappa shape index (κ3) is 3.72. The van der Waals surface area contributed by atoms with Crippen LogP contribution in [0.15, 0.2) is 64.5 Å². The third-order valence-electron chi connectivity index (χ3n) is 5.50. The second-order valence-corrected chi connectivity index (χ2v) is 8.53. The number of hydrazone groups is 1. The fraction of sp³-hybridized carbons (Fsp3) is 0.208. The quantitative estimate of drug-likeness (QED) is 0.365. The lowest BCUT2D eigenvalue weighted by Gasteiger charge is -2.13. The Hall–Kier alpha value is -3.45. The number of methoxy groups -OCH3 is 1. The molecule has 0 amide bonds. The Morgan fingerprint density at radius 2 is 1.87 bits per heavy atom. The summed E-state index contributed by atoms with van der Waals surface area (Å²) in [4.78, 5) is 20.6. The van der Waals surface area contributed by atoms with Crippen LogP contribution in [0.3, 0.4) is 0 Å². The maximum Gasteiger partial charge on any atom is 0.268 e. The van der Waals surface area contributed by atoms with Crippen molar-refractivity contribution in [3.8, 4) is 11.4 Å². The van der Waals surface area contributed by atoms with Crippen molar-refractivity contribution in [2.24, 2.45) is 5.10 Å². The van der Waals surface area contributed by atoms with Gasteiger partial charge in [0.1, 0.15) is 10.6 Å². The normalized spacial score (nSPS) is 13.5. The van der Waals surface area contributed by atoms with Crippen LogP contribution >= 0.6 is 11.3 Å². The molecule has 7 heteroatoms. The molecule has 0 saturated carbocycles. The maximum atomic E-state index is 13.7. The molecule has 0 bridgehead atoms. The molecule has 4 aromatic rings. The second-order valence-electron chi connectivity index (χ2n) is 7.45. The molecule has 2 aromatic heterocycles. The van der Waals surface area contributed by atoms with E-state index in [-0.39, 0.29) is 5.56 Å². The summed E-state index contributed by atoms with van der Waals surface area (Å²) in [6, 6.07) is 17.2. The van der Waals surface area contributed by atoms with Gasteiger partial charge in [-0.15, -0.1) is 11.3 Å². The van der Waals surface area contributed by atoms with E-state index in [9.17, 15) is 4.79 Å². The predicted octanol–water partition coefficient (Wildman–Crippen LogP) is 4.78. The van der Waals surface area contributed by atoms with Gasteiger partial charge in [-0.2, -0.15) is 5.10 Å². The molecular formula is C24H22N4O2S. The second kappa shape index (κ2) is 8.35. The molecule has 1 aliphatic carbocycles.